The Bertz CT molecular complexity index is 448. The van der Waals surface area contributed by atoms with Gasteiger partial charge in [0.05, 0.1) is 7.11 Å². The van der Waals surface area contributed by atoms with Crippen molar-refractivity contribution in [1.82, 2.24) is 4.90 Å². The van der Waals surface area contributed by atoms with E-state index < -0.39 is 0 Å². The van der Waals surface area contributed by atoms with Crippen LogP contribution in [-0.4, -0.2) is 42.3 Å². The summed E-state index contributed by atoms with van der Waals surface area (Å²) in [5.74, 6) is 0.716. The number of aliphatic hydroxyl groups is 1. The number of carbonyl (C=O) groups is 1. The predicted molar refractivity (Wildman–Crippen MR) is 78.1 cm³/mol. The molecular weight excluding hydrogens is 256 g/mol. The molecule has 1 heterocycles. The van der Waals surface area contributed by atoms with Crippen molar-refractivity contribution in [3.63, 3.8) is 0 Å². The van der Waals surface area contributed by atoms with Crippen molar-refractivity contribution >= 4 is 11.7 Å². The van der Waals surface area contributed by atoms with Gasteiger partial charge in [0.1, 0.15) is 5.75 Å². The first-order valence-corrected chi connectivity index (χ1v) is 7.07. The third kappa shape index (κ3) is 3.63. The number of carbonyl (C=O) groups excluding carboxylic acids is 1. The van der Waals surface area contributed by atoms with Gasteiger partial charge in [0, 0.05) is 30.9 Å². The topological polar surface area (TPSA) is 61.8 Å². The molecule has 0 bridgehead atoms. The van der Waals surface area contributed by atoms with Crippen molar-refractivity contribution in [3.8, 4) is 5.75 Å². The van der Waals surface area contributed by atoms with Crippen LogP contribution < -0.4 is 10.1 Å². The number of urea groups is 1. The second kappa shape index (κ2) is 7.14. The van der Waals surface area contributed by atoms with Crippen LogP contribution in [0, 0.1) is 0 Å². The molecule has 1 atom stereocenters. The number of nitrogens with zero attached hydrogens (tertiary/aromatic N) is 1. The van der Waals surface area contributed by atoms with E-state index in [4.69, 9.17) is 9.84 Å². The van der Waals surface area contributed by atoms with Crippen LogP contribution in [0.15, 0.2) is 24.3 Å². The Morgan fingerprint density at radius 2 is 2.35 bits per heavy atom. The van der Waals surface area contributed by atoms with Gasteiger partial charge in [-0.3, -0.25) is 0 Å². The van der Waals surface area contributed by atoms with Crippen LogP contribution in [0.25, 0.3) is 0 Å². The molecule has 0 unspecified atom stereocenters. The number of amides is 2. The SMILES string of the molecule is COc1cccc(NC(=O)N2CCCC[C@H]2CCO)c1. The summed E-state index contributed by atoms with van der Waals surface area (Å²) in [7, 11) is 1.60. The van der Waals surface area contributed by atoms with Gasteiger partial charge in [-0.25, -0.2) is 4.79 Å². The number of anilines is 1. The first-order valence-electron chi connectivity index (χ1n) is 7.07. The maximum Gasteiger partial charge on any atom is 0.322 e. The molecule has 2 N–H and O–H groups in total. The number of likely N-dealkylation sites (tertiary alicyclic amines) is 1. The zero-order chi connectivity index (χ0) is 14.4. The molecule has 1 aromatic rings. The molecule has 0 radical (unpaired) electrons. The summed E-state index contributed by atoms with van der Waals surface area (Å²) in [5, 5.41) is 12.0. The number of methoxy groups -OCH3 is 1. The zero-order valence-electron chi connectivity index (χ0n) is 11.8. The Labute approximate surface area is 119 Å². The highest BCUT2D eigenvalue weighted by Gasteiger charge is 2.26. The van der Waals surface area contributed by atoms with Crippen LogP contribution >= 0.6 is 0 Å². The van der Waals surface area contributed by atoms with Gasteiger partial charge in [0.2, 0.25) is 0 Å². The molecule has 0 aliphatic carbocycles. The highest BCUT2D eigenvalue weighted by Crippen LogP contribution is 2.22. The van der Waals surface area contributed by atoms with Crippen molar-refractivity contribution in [2.45, 2.75) is 31.7 Å². The molecule has 0 spiro atoms. The van der Waals surface area contributed by atoms with E-state index >= 15 is 0 Å². The van der Waals surface area contributed by atoms with Gasteiger partial charge >= 0.3 is 6.03 Å². The summed E-state index contributed by atoms with van der Waals surface area (Å²) in [5.41, 5.74) is 0.725. The minimum Gasteiger partial charge on any atom is -0.497 e. The van der Waals surface area contributed by atoms with E-state index in [1.165, 1.54) is 0 Å². The number of hydrogen-bond donors (Lipinski definition) is 2. The molecule has 1 aromatic carbocycles. The molecule has 5 heteroatoms. The Morgan fingerprint density at radius 3 is 3.10 bits per heavy atom. The number of benzene rings is 1. The van der Waals surface area contributed by atoms with Crippen LogP contribution in [0.1, 0.15) is 25.7 Å². The standard InChI is InChI=1S/C15H22N2O3/c1-20-14-7-4-5-12(11-14)16-15(19)17-9-3-2-6-13(17)8-10-18/h4-5,7,11,13,18H,2-3,6,8-10H2,1H3,(H,16,19)/t13-/m0/s1. The second-order valence-corrected chi connectivity index (χ2v) is 5.02. The van der Waals surface area contributed by atoms with E-state index in [1.54, 1.807) is 13.2 Å². The van der Waals surface area contributed by atoms with Gasteiger partial charge in [-0.15, -0.1) is 0 Å². The van der Waals surface area contributed by atoms with Crippen LogP contribution in [-0.2, 0) is 0 Å². The van der Waals surface area contributed by atoms with Crippen LogP contribution in [0.4, 0.5) is 10.5 Å². The van der Waals surface area contributed by atoms with Gasteiger partial charge in [-0.1, -0.05) is 6.07 Å². The molecule has 110 valence electrons. The van der Waals surface area contributed by atoms with E-state index in [0.29, 0.717) is 12.2 Å². The number of nitrogens with one attached hydrogen (secondary N) is 1. The fourth-order valence-corrected chi connectivity index (χ4v) is 2.61. The highest BCUT2D eigenvalue weighted by atomic mass is 16.5. The monoisotopic (exact) mass is 278 g/mol. The van der Waals surface area contributed by atoms with E-state index in [2.05, 4.69) is 5.32 Å². The summed E-state index contributed by atoms with van der Waals surface area (Å²) < 4.78 is 5.14. The number of piperidine rings is 1. The minimum atomic E-state index is -0.101. The number of aliphatic hydroxyl groups excluding tert-OH is 1. The first-order chi connectivity index (χ1) is 9.74. The van der Waals surface area contributed by atoms with Gasteiger partial charge in [-0.2, -0.15) is 0 Å². The molecule has 0 aromatic heterocycles. The Kier molecular flexibility index (Phi) is 5.24. The summed E-state index contributed by atoms with van der Waals surface area (Å²) in [4.78, 5) is 14.2. The number of rotatable bonds is 4. The Morgan fingerprint density at radius 1 is 1.50 bits per heavy atom. The summed E-state index contributed by atoms with van der Waals surface area (Å²) >= 11 is 0. The second-order valence-electron chi connectivity index (χ2n) is 5.02. The van der Waals surface area contributed by atoms with Gasteiger partial charge in [0.15, 0.2) is 0 Å². The lowest BCUT2D eigenvalue weighted by atomic mass is 10.0. The summed E-state index contributed by atoms with van der Waals surface area (Å²) in [6.45, 7) is 0.869. The lowest BCUT2D eigenvalue weighted by Crippen LogP contribution is -2.46. The molecule has 5 nitrogen and oxygen atoms in total. The first kappa shape index (κ1) is 14.7. The summed E-state index contributed by atoms with van der Waals surface area (Å²) in [6.07, 6.45) is 3.75. The molecular formula is C15H22N2O3. The number of ether oxygens (including phenoxy) is 1. The average molecular weight is 278 g/mol. The lowest BCUT2D eigenvalue weighted by molar-refractivity contribution is 0.141. The maximum atomic E-state index is 12.3. The fourth-order valence-electron chi connectivity index (χ4n) is 2.61. The third-order valence-electron chi connectivity index (χ3n) is 3.67. The van der Waals surface area contributed by atoms with E-state index in [0.717, 1.165) is 31.5 Å². The smallest absolute Gasteiger partial charge is 0.322 e. The van der Waals surface area contributed by atoms with Crippen LogP contribution in [0.5, 0.6) is 5.75 Å². The van der Waals surface area contributed by atoms with Crippen LogP contribution in [0.2, 0.25) is 0 Å². The minimum absolute atomic E-state index is 0.101. The maximum absolute atomic E-state index is 12.3. The molecule has 2 rings (SSSR count). The highest BCUT2D eigenvalue weighted by molar-refractivity contribution is 5.89. The zero-order valence-corrected chi connectivity index (χ0v) is 11.8. The molecule has 1 aliphatic rings. The molecule has 1 fully saturated rings. The van der Waals surface area contributed by atoms with E-state index in [-0.39, 0.29) is 18.7 Å². The lowest BCUT2D eigenvalue weighted by Gasteiger charge is -2.35. The number of hydrogen-bond acceptors (Lipinski definition) is 3. The molecule has 2 amide bonds. The van der Waals surface area contributed by atoms with Gasteiger partial charge in [-0.05, 0) is 37.8 Å². The third-order valence-corrected chi connectivity index (χ3v) is 3.67. The van der Waals surface area contributed by atoms with Gasteiger partial charge < -0.3 is 20.1 Å². The predicted octanol–water partition coefficient (Wildman–Crippen LogP) is 2.46. The van der Waals surface area contributed by atoms with Crippen molar-refractivity contribution in [2.75, 3.05) is 25.6 Å². The summed E-state index contributed by atoms with van der Waals surface area (Å²) in [6, 6.07) is 7.35. The van der Waals surface area contributed by atoms with Crippen LogP contribution in [0.3, 0.4) is 0 Å². The van der Waals surface area contributed by atoms with Crippen molar-refractivity contribution < 1.29 is 14.6 Å². The Balaban J connectivity index is 2.01. The van der Waals surface area contributed by atoms with Crippen molar-refractivity contribution in [2.24, 2.45) is 0 Å². The van der Waals surface area contributed by atoms with Crippen molar-refractivity contribution in [1.29, 1.82) is 0 Å². The molecule has 1 saturated heterocycles. The average Bonchev–Trinajstić information content (AvgIpc) is 2.48. The molecule has 0 saturated carbocycles. The molecule has 20 heavy (non-hydrogen) atoms. The van der Waals surface area contributed by atoms with Crippen molar-refractivity contribution in [3.05, 3.63) is 24.3 Å². The fraction of sp³-hybridized carbons (Fsp3) is 0.533. The quantitative estimate of drug-likeness (QED) is 0.889. The van der Waals surface area contributed by atoms with Gasteiger partial charge in [0.25, 0.3) is 0 Å². The Hall–Kier alpha value is -1.75. The van der Waals surface area contributed by atoms with E-state index in [1.807, 2.05) is 23.1 Å². The molecule has 1 aliphatic heterocycles. The van der Waals surface area contributed by atoms with E-state index in [9.17, 15) is 4.79 Å². The normalized spacial score (nSPS) is 18.7. The largest absolute Gasteiger partial charge is 0.497 e.